The number of hydrogen-bond acceptors (Lipinski definition) is 12. The summed E-state index contributed by atoms with van der Waals surface area (Å²) >= 11 is 2.29. The Bertz CT molecular complexity index is 1480. The monoisotopic (exact) mass is 614 g/mol. The van der Waals surface area contributed by atoms with Crippen molar-refractivity contribution in [3.63, 3.8) is 0 Å². The smallest absolute Gasteiger partial charge is 0.352 e. The minimum Gasteiger partial charge on any atom is -0.477 e. The molecule has 0 aliphatic carbocycles. The Kier molecular flexibility index (Phi) is 9.37. The van der Waals surface area contributed by atoms with Crippen molar-refractivity contribution in [1.29, 1.82) is 0 Å². The Hall–Kier alpha value is -4.57. The number of pyridine rings is 1. The molecule has 0 radical (unpaired) electrons. The van der Waals surface area contributed by atoms with Crippen LogP contribution in [0.3, 0.4) is 0 Å². The van der Waals surface area contributed by atoms with Crippen LogP contribution < -0.4 is 10.6 Å². The van der Waals surface area contributed by atoms with Gasteiger partial charge in [-0.25, -0.2) is 14.6 Å². The molecule has 1 saturated heterocycles. The zero-order valence-electron chi connectivity index (χ0n) is 22.6. The van der Waals surface area contributed by atoms with Crippen molar-refractivity contribution in [2.45, 2.75) is 37.8 Å². The standard InChI is InChI=1S/C26H26N6O8S2/c1-26(2,3)40-17(34)10-39-31-18(16-12-42-25(29-16)28-13-33)21(35)30-19-22(36)32-20(24(37)38)14(11-41-23(19)32)7-8-15-6-4-5-9-27-15/h4-9,12-13,19,23H,10-11H2,1-3H3,(H,30,35)(H,37,38)(H,28,29,33)/t19?,23-/m0/s1. The number of allylic oxidation sites excluding steroid dienone is 1. The first-order valence-corrected chi connectivity index (χ1v) is 14.3. The van der Waals surface area contributed by atoms with E-state index >= 15 is 0 Å². The Labute approximate surface area is 247 Å². The molecule has 16 heteroatoms. The number of β-lactam (4-membered cyclic amide) rings is 1. The molecule has 2 aliphatic heterocycles. The van der Waals surface area contributed by atoms with Crippen molar-refractivity contribution in [1.82, 2.24) is 20.2 Å². The highest BCUT2D eigenvalue weighted by atomic mass is 32.2. The lowest BCUT2D eigenvalue weighted by Crippen LogP contribution is -2.71. The summed E-state index contributed by atoms with van der Waals surface area (Å²) < 4.78 is 5.16. The molecule has 3 N–H and O–H groups in total. The average molecular weight is 615 g/mol. The zero-order chi connectivity index (χ0) is 30.4. The number of anilines is 1. The lowest BCUT2D eigenvalue weighted by atomic mass is 10.0. The number of fused-ring (bicyclic) bond motifs is 1. The average Bonchev–Trinajstić information content (AvgIpc) is 3.40. The van der Waals surface area contributed by atoms with Crippen molar-refractivity contribution in [3.8, 4) is 0 Å². The fraction of sp³-hybridized carbons (Fsp3) is 0.308. The van der Waals surface area contributed by atoms with Crippen molar-refractivity contribution in [2.24, 2.45) is 5.16 Å². The molecule has 220 valence electrons. The van der Waals surface area contributed by atoms with Crippen LogP contribution in [0.4, 0.5) is 5.13 Å². The lowest BCUT2D eigenvalue weighted by molar-refractivity contribution is -0.160. The summed E-state index contributed by atoms with van der Waals surface area (Å²) in [7, 11) is 0. The van der Waals surface area contributed by atoms with E-state index in [9.17, 15) is 29.1 Å². The number of carboxylic acid groups (broad SMARTS) is 1. The number of carboxylic acids is 1. The third-order valence-corrected chi connectivity index (χ3v) is 7.61. The summed E-state index contributed by atoms with van der Waals surface area (Å²) in [5.74, 6) is -3.23. The number of aromatic nitrogens is 2. The number of ether oxygens (including phenoxy) is 1. The molecule has 0 bridgehead atoms. The number of thiazole rings is 1. The molecule has 1 unspecified atom stereocenters. The minimum atomic E-state index is -1.28. The summed E-state index contributed by atoms with van der Waals surface area (Å²) in [5, 5.41) is 19.5. The maximum absolute atomic E-state index is 13.3. The van der Waals surface area contributed by atoms with Crippen LogP contribution in [0.15, 0.2) is 52.3 Å². The van der Waals surface area contributed by atoms with E-state index in [2.05, 4.69) is 25.8 Å². The second kappa shape index (κ2) is 12.9. The van der Waals surface area contributed by atoms with E-state index in [0.717, 1.165) is 16.2 Å². The van der Waals surface area contributed by atoms with Crippen molar-refractivity contribution < 1.29 is 38.7 Å². The van der Waals surface area contributed by atoms with Crippen LogP contribution in [0, 0.1) is 0 Å². The molecular formula is C26H26N6O8S2. The summed E-state index contributed by atoms with van der Waals surface area (Å²) in [6.45, 7) is 4.43. The summed E-state index contributed by atoms with van der Waals surface area (Å²) in [6.07, 6.45) is 5.28. The van der Waals surface area contributed by atoms with Crippen LogP contribution >= 0.6 is 23.1 Å². The first kappa shape index (κ1) is 30.4. The fourth-order valence-corrected chi connectivity index (χ4v) is 5.84. The highest BCUT2D eigenvalue weighted by Gasteiger charge is 2.54. The summed E-state index contributed by atoms with van der Waals surface area (Å²) in [6, 6.07) is 4.24. The van der Waals surface area contributed by atoms with E-state index in [1.807, 2.05) is 0 Å². The number of nitrogens with zero attached hydrogens (tertiary/aromatic N) is 4. The van der Waals surface area contributed by atoms with Gasteiger partial charge in [0.2, 0.25) is 13.0 Å². The molecule has 2 aliphatic rings. The predicted molar refractivity (Wildman–Crippen MR) is 153 cm³/mol. The van der Waals surface area contributed by atoms with Gasteiger partial charge >= 0.3 is 11.9 Å². The minimum absolute atomic E-state index is 0.0130. The Morgan fingerprint density at radius 3 is 2.71 bits per heavy atom. The summed E-state index contributed by atoms with van der Waals surface area (Å²) in [4.78, 5) is 75.8. The number of aliphatic carboxylic acids is 1. The molecule has 2 atom stereocenters. The van der Waals surface area contributed by atoms with Crippen LogP contribution in [0.25, 0.3) is 6.08 Å². The van der Waals surface area contributed by atoms with Gasteiger partial charge in [-0.3, -0.25) is 24.3 Å². The molecule has 42 heavy (non-hydrogen) atoms. The number of esters is 1. The normalized spacial score (nSPS) is 18.7. The van der Waals surface area contributed by atoms with Crippen molar-refractivity contribution >= 4 is 70.2 Å². The number of carbonyl (C=O) groups is 5. The molecule has 0 spiro atoms. The van der Waals surface area contributed by atoms with Gasteiger partial charge in [0.25, 0.3) is 11.8 Å². The highest BCUT2D eigenvalue weighted by molar-refractivity contribution is 8.00. The second-order valence-electron chi connectivity index (χ2n) is 9.73. The maximum Gasteiger partial charge on any atom is 0.352 e. The lowest BCUT2D eigenvalue weighted by Gasteiger charge is -2.49. The van der Waals surface area contributed by atoms with Gasteiger partial charge in [-0.05, 0) is 44.6 Å². The van der Waals surface area contributed by atoms with Crippen LogP contribution in [0.5, 0.6) is 0 Å². The maximum atomic E-state index is 13.3. The first-order valence-electron chi connectivity index (χ1n) is 12.4. The molecule has 0 saturated carbocycles. The SMILES string of the molecule is CC(C)(C)OC(=O)CON=C(C(=O)NC1C(=O)N2C(C(=O)O)=C(C=Cc3ccccn3)CS[C@@H]12)c1csc(NC=O)n1. The van der Waals surface area contributed by atoms with Gasteiger partial charge in [0, 0.05) is 17.3 Å². The second-order valence-corrected chi connectivity index (χ2v) is 11.7. The number of hydrogen-bond donors (Lipinski definition) is 3. The number of thioether (sulfide) groups is 1. The van der Waals surface area contributed by atoms with Crippen LogP contribution in [0.2, 0.25) is 0 Å². The Morgan fingerprint density at radius 1 is 1.26 bits per heavy atom. The summed E-state index contributed by atoms with van der Waals surface area (Å²) in [5.41, 5.74) is -0.257. The van der Waals surface area contributed by atoms with E-state index in [1.54, 1.807) is 57.3 Å². The number of rotatable bonds is 11. The largest absolute Gasteiger partial charge is 0.477 e. The van der Waals surface area contributed by atoms with Gasteiger partial charge in [-0.2, -0.15) is 0 Å². The van der Waals surface area contributed by atoms with Crippen molar-refractivity contribution in [2.75, 3.05) is 17.7 Å². The number of amides is 3. The van der Waals surface area contributed by atoms with Gasteiger partial charge in [0.15, 0.2) is 10.8 Å². The molecule has 1 fully saturated rings. The number of carbonyl (C=O) groups excluding carboxylic acids is 4. The molecule has 2 aromatic rings. The van der Waals surface area contributed by atoms with Gasteiger partial charge in [-0.15, -0.1) is 23.1 Å². The van der Waals surface area contributed by atoms with Gasteiger partial charge < -0.3 is 25.3 Å². The molecule has 2 aromatic heterocycles. The van der Waals surface area contributed by atoms with Gasteiger partial charge in [0.05, 0.1) is 5.69 Å². The Balaban J connectivity index is 1.51. The molecule has 3 amide bonds. The molecule has 0 aromatic carbocycles. The van der Waals surface area contributed by atoms with E-state index in [4.69, 9.17) is 9.57 Å². The van der Waals surface area contributed by atoms with Crippen LogP contribution in [0.1, 0.15) is 32.2 Å². The Morgan fingerprint density at radius 2 is 2.05 bits per heavy atom. The molecule has 4 rings (SSSR count). The number of nitrogens with one attached hydrogen (secondary N) is 2. The highest BCUT2D eigenvalue weighted by Crippen LogP contribution is 2.40. The van der Waals surface area contributed by atoms with E-state index in [-0.39, 0.29) is 28.0 Å². The quantitative estimate of drug-likeness (QED) is 0.110. The van der Waals surface area contributed by atoms with E-state index < -0.39 is 47.4 Å². The number of oxime groups is 1. The molecule has 14 nitrogen and oxygen atoms in total. The van der Waals surface area contributed by atoms with Gasteiger partial charge in [0.1, 0.15) is 28.4 Å². The predicted octanol–water partition coefficient (Wildman–Crippen LogP) is 1.62. The third kappa shape index (κ3) is 7.19. The molecular weight excluding hydrogens is 588 g/mol. The third-order valence-electron chi connectivity index (χ3n) is 5.53. The van der Waals surface area contributed by atoms with E-state index in [0.29, 0.717) is 17.7 Å². The zero-order valence-corrected chi connectivity index (χ0v) is 24.2. The molecule has 4 heterocycles. The first-order chi connectivity index (χ1) is 20.0. The topological polar surface area (TPSA) is 189 Å². The van der Waals surface area contributed by atoms with Crippen LogP contribution in [-0.2, 0) is 33.5 Å². The van der Waals surface area contributed by atoms with Crippen LogP contribution in [-0.4, -0.2) is 85.2 Å². The van der Waals surface area contributed by atoms with Gasteiger partial charge in [-0.1, -0.05) is 17.3 Å². The van der Waals surface area contributed by atoms with E-state index in [1.165, 1.54) is 17.1 Å². The fourth-order valence-electron chi connectivity index (χ4n) is 3.87. The van der Waals surface area contributed by atoms with Crippen molar-refractivity contribution in [3.05, 3.63) is 58.5 Å².